The lowest BCUT2D eigenvalue weighted by molar-refractivity contribution is 0.311. The average Bonchev–Trinajstić information content (AvgIpc) is 3.10. The second-order valence-corrected chi connectivity index (χ2v) is 6.84. The summed E-state index contributed by atoms with van der Waals surface area (Å²) in [5.74, 6) is 2.57. The maximum absolute atomic E-state index is 5.56. The molecule has 6 nitrogen and oxygen atoms in total. The van der Waals surface area contributed by atoms with Crippen molar-refractivity contribution in [3.63, 3.8) is 0 Å². The van der Waals surface area contributed by atoms with Crippen molar-refractivity contribution in [2.75, 3.05) is 25.6 Å². The zero-order chi connectivity index (χ0) is 18.9. The van der Waals surface area contributed by atoms with Crippen LogP contribution in [0.4, 0.5) is 5.69 Å². The Kier molecular flexibility index (Phi) is 10.5. The Bertz CT molecular complexity index is 734. The molecule has 0 aliphatic rings. The molecule has 0 spiro atoms. The van der Waals surface area contributed by atoms with Crippen molar-refractivity contribution in [1.82, 2.24) is 10.3 Å². The highest BCUT2D eigenvalue weighted by atomic mass is 127. The minimum atomic E-state index is 0. The summed E-state index contributed by atoms with van der Waals surface area (Å²) in [6.07, 6.45) is 0. The average molecular weight is 504 g/mol. The van der Waals surface area contributed by atoms with Crippen molar-refractivity contribution in [1.29, 1.82) is 0 Å². The molecule has 0 amide bonds. The van der Waals surface area contributed by atoms with Crippen molar-refractivity contribution in [2.45, 2.75) is 40.2 Å². The number of guanidine groups is 1. The number of nitrogens with zero attached hydrogens (tertiary/aromatic N) is 2. The van der Waals surface area contributed by atoms with Crippen molar-refractivity contribution in [2.24, 2.45) is 4.99 Å². The number of benzene rings is 1. The van der Waals surface area contributed by atoms with Crippen molar-refractivity contribution < 1.29 is 9.47 Å². The van der Waals surface area contributed by atoms with Crippen LogP contribution in [0.15, 0.2) is 28.6 Å². The molecule has 2 aromatic rings. The quantitative estimate of drug-likeness (QED) is 0.305. The van der Waals surface area contributed by atoms with Crippen LogP contribution in [0.1, 0.15) is 44.3 Å². The van der Waals surface area contributed by atoms with Crippen LogP contribution in [0, 0.1) is 0 Å². The fraction of sp³-hybridized carbons (Fsp3) is 0.474. The lowest BCUT2D eigenvalue weighted by Gasteiger charge is -2.14. The summed E-state index contributed by atoms with van der Waals surface area (Å²) >= 11 is 1.69. The van der Waals surface area contributed by atoms with Crippen LogP contribution in [0.2, 0.25) is 0 Å². The minimum Gasteiger partial charge on any atom is -0.493 e. The van der Waals surface area contributed by atoms with Gasteiger partial charge in [-0.25, -0.2) is 9.98 Å². The molecule has 0 aliphatic heterocycles. The second-order valence-electron chi connectivity index (χ2n) is 5.95. The first-order valence-corrected chi connectivity index (χ1v) is 9.75. The van der Waals surface area contributed by atoms with E-state index in [9.17, 15) is 0 Å². The Hall–Kier alpha value is -1.55. The third-order valence-electron chi connectivity index (χ3n) is 3.53. The molecule has 2 rings (SSSR count). The predicted molar refractivity (Wildman–Crippen MR) is 124 cm³/mol. The molecule has 150 valence electrons. The van der Waals surface area contributed by atoms with Crippen LogP contribution >= 0.6 is 35.3 Å². The summed E-state index contributed by atoms with van der Waals surface area (Å²) in [7, 11) is 1.63. The van der Waals surface area contributed by atoms with Gasteiger partial charge in [0, 0.05) is 29.6 Å². The normalized spacial score (nSPS) is 11.1. The molecule has 0 radical (unpaired) electrons. The van der Waals surface area contributed by atoms with Gasteiger partial charge in [-0.05, 0) is 26.0 Å². The van der Waals surface area contributed by atoms with E-state index in [1.54, 1.807) is 18.4 Å². The minimum absolute atomic E-state index is 0. The first-order valence-electron chi connectivity index (χ1n) is 8.87. The summed E-state index contributed by atoms with van der Waals surface area (Å²) in [5, 5.41) is 9.77. The van der Waals surface area contributed by atoms with Crippen LogP contribution in [0.3, 0.4) is 0 Å². The van der Waals surface area contributed by atoms with E-state index in [-0.39, 0.29) is 24.0 Å². The summed E-state index contributed by atoms with van der Waals surface area (Å²) < 4.78 is 11.0. The molecule has 0 atom stereocenters. The van der Waals surface area contributed by atoms with E-state index in [0.29, 0.717) is 30.8 Å². The van der Waals surface area contributed by atoms with Crippen LogP contribution in [-0.4, -0.2) is 31.2 Å². The second kappa shape index (κ2) is 12.0. The van der Waals surface area contributed by atoms with E-state index in [0.717, 1.165) is 28.7 Å². The number of hydrogen-bond acceptors (Lipinski definition) is 5. The van der Waals surface area contributed by atoms with Gasteiger partial charge in [-0.3, -0.25) is 0 Å². The summed E-state index contributed by atoms with van der Waals surface area (Å²) in [4.78, 5) is 9.26. The number of hydrogen-bond donors (Lipinski definition) is 2. The van der Waals surface area contributed by atoms with Crippen molar-refractivity contribution in [3.8, 4) is 11.5 Å². The van der Waals surface area contributed by atoms with Crippen LogP contribution < -0.4 is 20.1 Å². The topological polar surface area (TPSA) is 67.8 Å². The van der Waals surface area contributed by atoms with Gasteiger partial charge < -0.3 is 20.1 Å². The summed E-state index contributed by atoms with van der Waals surface area (Å²) in [5.41, 5.74) is 1.87. The lowest BCUT2D eigenvalue weighted by Crippen LogP contribution is -2.30. The van der Waals surface area contributed by atoms with Crippen molar-refractivity contribution in [3.05, 3.63) is 34.3 Å². The number of aromatic nitrogens is 1. The van der Waals surface area contributed by atoms with E-state index in [2.05, 4.69) is 39.8 Å². The molecule has 8 heteroatoms. The highest BCUT2D eigenvalue weighted by Gasteiger charge is 2.08. The molecular weight excluding hydrogens is 475 g/mol. The molecule has 2 N–H and O–H groups in total. The van der Waals surface area contributed by atoms with Gasteiger partial charge in [0.2, 0.25) is 0 Å². The molecule has 0 bridgehead atoms. The Labute approximate surface area is 182 Å². The van der Waals surface area contributed by atoms with Crippen molar-refractivity contribution >= 4 is 47.0 Å². The number of nitrogens with one attached hydrogen (secondary N) is 2. The molecule has 0 fully saturated rings. The highest BCUT2D eigenvalue weighted by Crippen LogP contribution is 2.30. The maximum Gasteiger partial charge on any atom is 0.196 e. The summed E-state index contributed by atoms with van der Waals surface area (Å²) in [6.45, 7) is 10.2. The molecule has 0 unspecified atom stereocenters. The molecular formula is C19H29IN4O2S. The first kappa shape index (κ1) is 23.5. The van der Waals surface area contributed by atoms with Gasteiger partial charge in [0.25, 0.3) is 0 Å². The van der Waals surface area contributed by atoms with Gasteiger partial charge in [-0.2, -0.15) is 0 Å². The number of aliphatic imine (C=N–C) groups is 1. The zero-order valence-electron chi connectivity index (χ0n) is 16.5. The Morgan fingerprint density at radius 2 is 2.04 bits per heavy atom. The fourth-order valence-electron chi connectivity index (χ4n) is 2.28. The molecule has 1 heterocycles. The molecule has 0 saturated heterocycles. The number of rotatable bonds is 8. The fourth-order valence-corrected chi connectivity index (χ4v) is 3.11. The van der Waals surface area contributed by atoms with Gasteiger partial charge in [0.1, 0.15) is 0 Å². The van der Waals surface area contributed by atoms with Gasteiger partial charge in [-0.1, -0.05) is 13.8 Å². The van der Waals surface area contributed by atoms with E-state index in [1.807, 2.05) is 32.0 Å². The highest BCUT2D eigenvalue weighted by molar-refractivity contribution is 14.0. The predicted octanol–water partition coefficient (Wildman–Crippen LogP) is 4.87. The molecule has 27 heavy (non-hydrogen) atoms. The number of methoxy groups -OCH3 is 1. The van der Waals surface area contributed by atoms with Gasteiger partial charge >= 0.3 is 0 Å². The number of halogens is 1. The zero-order valence-corrected chi connectivity index (χ0v) is 19.7. The number of ether oxygens (including phenoxy) is 2. The van der Waals surface area contributed by atoms with Crippen LogP contribution in [-0.2, 0) is 6.54 Å². The summed E-state index contributed by atoms with van der Waals surface area (Å²) in [6, 6.07) is 5.74. The molecule has 1 aromatic heterocycles. The smallest absolute Gasteiger partial charge is 0.196 e. The Morgan fingerprint density at radius 3 is 2.63 bits per heavy atom. The van der Waals surface area contributed by atoms with E-state index in [4.69, 9.17) is 9.47 Å². The third-order valence-corrected chi connectivity index (χ3v) is 4.73. The standard InChI is InChI=1S/C19H28N4O2S.HI/c1-6-20-19(21-11-15-12-26-18(22-15)13(3)4)23-14-8-9-16(25-7-2)17(10-14)24-5;/h8-10,12-13H,6-7,11H2,1-5H3,(H2,20,21,23);1H. The van der Waals surface area contributed by atoms with E-state index in [1.165, 1.54) is 0 Å². The molecule has 0 saturated carbocycles. The first-order chi connectivity index (χ1) is 12.6. The maximum atomic E-state index is 5.56. The molecule has 0 aliphatic carbocycles. The van der Waals surface area contributed by atoms with E-state index >= 15 is 0 Å². The lowest BCUT2D eigenvalue weighted by atomic mass is 10.2. The number of thiazole rings is 1. The van der Waals surface area contributed by atoms with Gasteiger partial charge in [0.15, 0.2) is 17.5 Å². The van der Waals surface area contributed by atoms with Crippen LogP contribution in [0.25, 0.3) is 0 Å². The molecule has 1 aromatic carbocycles. The SMILES string of the molecule is CCNC(=NCc1csc(C(C)C)n1)Nc1ccc(OCC)c(OC)c1.I. The van der Waals surface area contributed by atoms with Crippen LogP contribution in [0.5, 0.6) is 11.5 Å². The van der Waals surface area contributed by atoms with Gasteiger partial charge in [0.05, 0.1) is 31.0 Å². The third kappa shape index (κ3) is 7.17. The Balaban J connectivity index is 0.00000364. The van der Waals surface area contributed by atoms with E-state index < -0.39 is 0 Å². The van der Waals surface area contributed by atoms with Gasteiger partial charge in [-0.15, -0.1) is 35.3 Å². The largest absolute Gasteiger partial charge is 0.493 e. The monoisotopic (exact) mass is 504 g/mol. The number of anilines is 1. The Morgan fingerprint density at radius 1 is 1.26 bits per heavy atom.